The van der Waals surface area contributed by atoms with Crippen LogP contribution in [0.25, 0.3) is 0 Å². The van der Waals surface area contributed by atoms with E-state index >= 15 is 0 Å². The number of hydrogen-bond acceptors (Lipinski definition) is 2. The third-order valence-electron chi connectivity index (χ3n) is 3.85. The van der Waals surface area contributed by atoms with E-state index in [1.807, 2.05) is 12.4 Å². The van der Waals surface area contributed by atoms with Gasteiger partial charge in [0, 0.05) is 18.4 Å². The molecule has 0 amide bonds. The molecule has 0 aliphatic rings. The van der Waals surface area contributed by atoms with Crippen LogP contribution in [0.15, 0.2) is 48.8 Å². The van der Waals surface area contributed by atoms with E-state index in [-0.39, 0.29) is 0 Å². The lowest BCUT2D eigenvalue weighted by atomic mass is 9.98. The standard InChI is InChI=1S/C18H24N2/c1-3-15-4-6-17(7-5-15)14-18(19-2)9-8-16-10-12-20-13-11-16/h4-7,10-13,18-19H,3,8-9,14H2,1-2H3. The molecule has 1 unspecified atom stereocenters. The van der Waals surface area contributed by atoms with Crippen LogP contribution in [0.5, 0.6) is 0 Å². The third-order valence-corrected chi connectivity index (χ3v) is 3.85. The molecule has 0 saturated carbocycles. The fraction of sp³-hybridized carbons (Fsp3) is 0.389. The third kappa shape index (κ3) is 4.46. The predicted octanol–water partition coefficient (Wildman–Crippen LogP) is 3.41. The highest BCUT2D eigenvalue weighted by molar-refractivity contribution is 5.23. The number of benzene rings is 1. The van der Waals surface area contributed by atoms with Crippen molar-refractivity contribution >= 4 is 0 Å². The molecule has 0 bridgehead atoms. The van der Waals surface area contributed by atoms with Gasteiger partial charge in [-0.3, -0.25) is 4.98 Å². The second-order valence-electron chi connectivity index (χ2n) is 5.25. The van der Waals surface area contributed by atoms with Gasteiger partial charge >= 0.3 is 0 Å². The zero-order chi connectivity index (χ0) is 14.2. The smallest absolute Gasteiger partial charge is 0.0270 e. The molecular weight excluding hydrogens is 244 g/mol. The Morgan fingerprint density at radius 2 is 1.60 bits per heavy atom. The Hall–Kier alpha value is -1.67. The molecule has 1 aromatic carbocycles. The van der Waals surface area contributed by atoms with Gasteiger partial charge in [0.15, 0.2) is 0 Å². The van der Waals surface area contributed by atoms with Crippen molar-refractivity contribution in [3.63, 3.8) is 0 Å². The maximum absolute atomic E-state index is 4.06. The minimum Gasteiger partial charge on any atom is -0.317 e. The molecule has 0 spiro atoms. The number of aromatic nitrogens is 1. The molecule has 1 aromatic heterocycles. The van der Waals surface area contributed by atoms with Crippen molar-refractivity contribution in [2.45, 2.75) is 38.6 Å². The second kappa shape index (κ2) is 7.81. The maximum atomic E-state index is 4.06. The monoisotopic (exact) mass is 268 g/mol. The number of nitrogens with zero attached hydrogens (tertiary/aromatic N) is 1. The summed E-state index contributed by atoms with van der Waals surface area (Å²) in [6.45, 7) is 2.19. The van der Waals surface area contributed by atoms with Crippen LogP contribution in [-0.4, -0.2) is 18.1 Å². The molecule has 2 nitrogen and oxygen atoms in total. The number of hydrogen-bond donors (Lipinski definition) is 1. The lowest BCUT2D eigenvalue weighted by molar-refractivity contribution is 0.520. The molecule has 0 aliphatic heterocycles. The zero-order valence-corrected chi connectivity index (χ0v) is 12.5. The molecule has 2 aromatic rings. The molecule has 0 radical (unpaired) electrons. The van der Waals surface area contributed by atoms with Crippen molar-refractivity contribution in [1.29, 1.82) is 0 Å². The van der Waals surface area contributed by atoms with Crippen LogP contribution >= 0.6 is 0 Å². The fourth-order valence-electron chi connectivity index (χ4n) is 2.43. The van der Waals surface area contributed by atoms with Gasteiger partial charge in [-0.2, -0.15) is 0 Å². The van der Waals surface area contributed by atoms with E-state index in [9.17, 15) is 0 Å². The molecule has 20 heavy (non-hydrogen) atoms. The van der Waals surface area contributed by atoms with Crippen molar-refractivity contribution in [1.82, 2.24) is 10.3 Å². The molecule has 1 N–H and O–H groups in total. The van der Waals surface area contributed by atoms with Crippen molar-refractivity contribution in [3.8, 4) is 0 Å². The summed E-state index contributed by atoms with van der Waals surface area (Å²) in [4.78, 5) is 4.06. The van der Waals surface area contributed by atoms with E-state index in [0.717, 1.165) is 25.7 Å². The fourth-order valence-corrected chi connectivity index (χ4v) is 2.43. The van der Waals surface area contributed by atoms with Gasteiger partial charge in [-0.05, 0) is 61.6 Å². The minimum absolute atomic E-state index is 0.524. The molecular formula is C18H24N2. The topological polar surface area (TPSA) is 24.9 Å². The summed E-state index contributed by atoms with van der Waals surface area (Å²) in [5, 5.41) is 3.43. The molecule has 1 atom stereocenters. The summed E-state index contributed by atoms with van der Waals surface area (Å²) in [7, 11) is 2.05. The number of likely N-dealkylation sites (N-methyl/N-ethyl adjacent to an activating group) is 1. The molecule has 2 heteroatoms. The summed E-state index contributed by atoms with van der Waals surface area (Å²) in [6, 6.07) is 13.7. The van der Waals surface area contributed by atoms with E-state index < -0.39 is 0 Å². The van der Waals surface area contributed by atoms with Crippen LogP contribution in [0, 0.1) is 0 Å². The van der Waals surface area contributed by atoms with Gasteiger partial charge in [-0.25, -0.2) is 0 Å². The summed E-state index contributed by atoms with van der Waals surface area (Å²) in [5.74, 6) is 0. The van der Waals surface area contributed by atoms with E-state index in [2.05, 4.69) is 60.7 Å². The predicted molar refractivity (Wildman–Crippen MR) is 84.9 cm³/mol. The van der Waals surface area contributed by atoms with Crippen LogP contribution < -0.4 is 5.32 Å². The van der Waals surface area contributed by atoms with Crippen LogP contribution in [-0.2, 0) is 19.3 Å². The Balaban J connectivity index is 1.88. The lowest BCUT2D eigenvalue weighted by Crippen LogP contribution is -2.28. The van der Waals surface area contributed by atoms with Crippen LogP contribution in [0.1, 0.15) is 30.0 Å². The summed E-state index contributed by atoms with van der Waals surface area (Å²) < 4.78 is 0. The van der Waals surface area contributed by atoms with Crippen molar-refractivity contribution in [3.05, 3.63) is 65.5 Å². The second-order valence-corrected chi connectivity index (χ2v) is 5.25. The summed E-state index contributed by atoms with van der Waals surface area (Å²) in [6.07, 6.45) is 8.18. The normalized spacial score (nSPS) is 12.3. The van der Waals surface area contributed by atoms with E-state index in [1.165, 1.54) is 16.7 Å². The van der Waals surface area contributed by atoms with Gasteiger partial charge in [-0.15, -0.1) is 0 Å². The first kappa shape index (κ1) is 14.7. The van der Waals surface area contributed by atoms with Gasteiger partial charge in [0.05, 0.1) is 0 Å². The summed E-state index contributed by atoms with van der Waals surface area (Å²) >= 11 is 0. The molecule has 0 fully saturated rings. The van der Waals surface area contributed by atoms with E-state index in [0.29, 0.717) is 6.04 Å². The average molecular weight is 268 g/mol. The first-order valence-corrected chi connectivity index (χ1v) is 7.45. The quantitative estimate of drug-likeness (QED) is 0.832. The Kier molecular flexibility index (Phi) is 5.75. The Labute approximate surface area is 122 Å². The first-order valence-electron chi connectivity index (χ1n) is 7.45. The van der Waals surface area contributed by atoms with Crippen molar-refractivity contribution in [2.75, 3.05) is 7.05 Å². The largest absolute Gasteiger partial charge is 0.317 e. The Morgan fingerprint density at radius 3 is 2.20 bits per heavy atom. The Bertz CT molecular complexity index is 491. The number of nitrogens with one attached hydrogen (secondary N) is 1. The average Bonchev–Trinajstić information content (AvgIpc) is 2.53. The number of aryl methyl sites for hydroxylation is 2. The van der Waals surface area contributed by atoms with Crippen LogP contribution in [0.2, 0.25) is 0 Å². The molecule has 0 saturated heterocycles. The highest BCUT2D eigenvalue weighted by atomic mass is 14.9. The van der Waals surface area contributed by atoms with Crippen molar-refractivity contribution < 1.29 is 0 Å². The molecule has 1 heterocycles. The van der Waals surface area contributed by atoms with Gasteiger partial charge < -0.3 is 5.32 Å². The van der Waals surface area contributed by atoms with E-state index in [4.69, 9.17) is 0 Å². The maximum Gasteiger partial charge on any atom is 0.0270 e. The van der Waals surface area contributed by atoms with Gasteiger partial charge in [-0.1, -0.05) is 31.2 Å². The highest BCUT2D eigenvalue weighted by Crippen LogP contribution is 2.11. The van der Waals surface area contributed by atoms with Gasteiger partial charge in [0.1, 0.15) is 0 Å². The number of rotatable bonds is 7. The SMILES string of the molecule is CCc1ccc(CC(CCc2ccncc2)NC)cc1. The Morgan fingerprint density at radius 1 is 0.950 bits per heavy atom. The summed E-state index contributed by atoms with van der Waals surface area (Å²) in [5.41, 5.74) is 4.18. The first-order chi connectivity index (χ1) is 9.81. The van der Waals surface area contributed by atoms with Crippen LogP contribution in [0.4, 0.5) is 0 Å². The van der Waals surface area contributed by atoms with Crippen LogP contribution in [0.3, 0.4) is 0 Å². The van der Waals surface area contributed by atoms with Gasteiger partial charge in [0.25, 0.3) is 0 Å². The van der Waals surface area contributed by atoms with E-state index in [1.54, 1.807) is 0 Å². The zero-order valence-electron chi connectivity index (χ0n) is 12.5. The number of pyridine rings is 1. The molecule has 2 rings (SSSR count). The van der Waals surface area contributed by atoms with Crippen molar-refractivity contribution in [2.24, 2.45) is 0 Å². The lowest BCUT2D eigenvalue weighted by Gasteiger charge is -2.16. The highest BCUT2D eigenvalue weighted by Gasteiger charge is 2.07. The molecule has 0 aliphatic carbocycles. The molecule has 106 valence electrons. The minimum atomic E-state index is 0.524. The van der Waals surface area contributed by atoms with Gasteiger partial charge in [0.2, 0.25) is 0 Å².